The molecular weight excluding hydrogens is 222 g/mol. The van der Waals surface area contributed by atoms with Crippen molar-refractivity contribution in [2.45, 2.75) is 25.7 Å². The van der Waals surface area contributed by atoms with Gasteiger partial charge in [0.2, 0.25) is 9.05 Å². The Bertz CT molecular complexity index is 305. The molecule has 0 aromatic rings. The smallest absolute Gasteiger partial charge is 0.233 e. The molecule has 0 saturated carbocycles. The first-order valence-corrected chi connectivity index (χ1v) is 7.62. The van der Waals surface area contributed by atoms with Crippen molar-refractivity contribution in [3.05, 3.63) is 0 Å². The topological polar surface area (TPSA) is 37.4 Å². The number of hydrogen-bond donors (Lipinski definition) is 0. The fraction of sp³-hybridized carbons (Fsp3) is 1.00. The van der Waals surface area contributed by atoms with Crippen LogP contribution >= 0.6 is 10.7 Å². The summed E-state index contributed by atoms with van der Waals surface area (Å²) in [7, 11) is 2.02. The van der Waals surface area contributed by atoms with Crippen molar-refractivity contribution in [3.8, 4) is 0 Å². The highest BCUT2D eigenvalue weighted by molar-refractivity contribution is 8.13. The van der Waals surface area contributed by atoms with Crippen LogP contribution in [0.1, 0.15) is 25.7 Å². The molecule has 0 unspecified atom stereocenters. The van der Waals surface area contributed by atoms with Crippen molar-refractivity contribution in [2.24, 2.45) is 5.41 Å². The summed E-state index contributed by atoms with van der Waals surface area (Å²) in [6.07, 6.45) is 4.28. The zero-order valence-corrected chi connectivity index (χ0v) is 9.78. The largest absolute Gasteiger partial charge is 0.303 e. The first-order valence-electron chi connectivity index (χ1n) is 5.14. The molecule has 0 radical (unpaired) electrons. The van der Waals surface area contributed by atoms with Crippen LogP contribution in [0.15, 0.2) is 0 Å². The Kier molecular flexibility index (Phi) is 2.79. The fourth-order valence-electron chi connectivity index (χ4n) is 2.94. The average molecular weight is 238 g/mol. The summed E-state index contributed by atoms with van der Waals surface area (Å²) in [5.74, 6) is 0.165. The van der Waals surface area contributed by atoms with Crippen LogP contribution in [0.3, 0.4) is 0 Å². The minimum absolute atomic E-state index is 0.0307. The van der Waals surface area contributed by atoms with E-state index in [2.05, 4.69) is 4.90 Å². The number of rotatable bonds is 2. The van der Waals surface area contributed by atoms with E-state index in [1.807, 2.05) is 0 Å². The van der Waals surface area contributed by atoms with Gasteiger partial charge in [0.15, 0.2) is 0 Å². The van der Waals surface area contributed by atoms with Crippen LogP contribution in [0.25, 0.3) is 0 Å². The molecule has 0 N–H and O–H groups in total. The van der Waals surface area contributed by atoms with E-state index in [9.17, 15) is 8.42 Å². The molecule has 82 valence electrons. The SMILES string of the molecule is O=S(=O)(Cl)CC12CCCN(CCC1)C2. The molecule has 0 spiro atoms. The second-order valence-electron chi connectivity index (χ2n) is 4.67. The van der Waals surface area contributed by atoms with E-state index in [-0.39, 0.29) is 11.2 Å². The predicted molar refractivity (Wildman–Crippen MR) is 57.0 cm³/mol. The van der Waals surface area contributed by atoms with Gasteiger partial charge in [0.25, 0.3) is 0 Å². The quantitative estimate of drug-likeness (QED) is 0.682. The van der Waals surface area contributed by atoms with Crippen molar-refractivity contribution in [2.75, 3.05) is 25.4 Å². The van der Waals surface area contributed by atoms with Crippen molar-refractivity contribution in [3.63, 3.8) is 0 Å². The van der Waals surface area contributed by atoms with E-state index >= 15 is 0 Å². The maximum Gasteiger partial charge on any atom is 0.233 e. The molecule has 2 aliphatic rings. The third-order valence-corrected chi connectivity index (χ3v) is 4.69. The number of piperidine rings is 2. The predicted octanol–water partition coefficient (Wildman–Crippen LogP) is 1.43. The average Bonchev–Trinajstić information content (AvgIpc) is 1.99. The van der Waals surface area contributed by atoms with Crippen LogP contribution in [0.2, 0.25) is 0 Å². The normalized spacial score (nSPS) is 38.2. The summed E-state index contributed by atoms with van der Waals surface area (Å²) in [5.41, 5.74) is -0.0307. The Hall–Kier alpha value is 0.200. The maximum absolute atomic E-state index is 11.1. The molecule has 0 amide bonds. The monoisotopic (exact) mass is 237 g/mol. The summed E-state index contributed by atoms with van der Waals surface area (Å²) >= 11 is 0. The molecule has 2 heterocycles. The van der Waals surface area contributed by atoms with E-state index in [1.165, 1.54) is 0 Å². The zero-order valence-electron chi connectivity index (χ0n) is 8.21. The second kappa shape index (κ2) is 3.65. The molecule has 0 atom stereocenters. The lowest BCUT2D eigenvalue weighted by atomic mass is 9.75. The Balaban J connectivity index is 2.13. The van der Waals surface area contributed by atoms with E-state index in [0.29, 0.717) is 0 Å². The summed E-state index contributed by atoms with van der Waals surface area (Å²) < 4.78 is 22.3. The van der Waals surface area contributed by atoms with E-state index in [4.69, 9.17) is 10.7 Å². The third kappa shape index (κ3) is 2.41. The highest BCUT2D eigenvalue weighted by Gasteiger charge is 2.40. The minimum atomic E-state index is -3.34. The first-order chi connectivity index (χ1) is 6.49. The van der Waals surface area contributed by atoms with Crippen LogP contribution in [0.5, 0.6) is 0 Å². The van der Waals surface area contributed by atoms with Gasteiger partial charge in [-0.25, -0.2) is 8.42 Å². The van der Waals surface area contributed by atoms with Gasteiger partial charge >= 0.3 is 0 Å². The molecule has 0 aliphatic carbocycles. The molecule has 3 nitrogen and oxygen atoms in total. The van der Waals surface area contributed by atoms with Gasteiger partial charge in [-0.3, -0.25) is 0 Å². The van der Waals surface area contributed by atoms with Crippen molar-refractivity contribution >= 4 is 19.7 Å². The number of fused-ring (bicyclic) bond motifs is 2. The molecule has 2 rings (SSSR count). The van der Waals surface area contributed by atoms with Crippen LogP contribution in [0.4, 0.5) is 0 Å². The summed E-state index contributed by atoms with van der Waals surface area (Å²) in [6.45, 7) is 3.19. The van der Waals surface area contributed by atoms with Crippen LogP contribution in [-0.2, 0) is 9.05 Å². The number of hydrogen-bond acceptors (Lipinski definition) is 3. The van der Waals surface area contributed by atoms with Crippen molar-refractivity contribution in [1.82, 2.24) is 4.90 Å². The van der Waals surface area contributed by atoms with E-state index in [0.717, 1.165) is 45.3 Å². The molecule has 2 saturated heterocycles. The van der Waals surface area contributed by atoms with Crippen LogP contribution in [-0.4, -0.2) is 38.7 Å². The summed E-state index contributed by atoms with van der Waals surface area (Å²) in [5, 5.41) is 0. The van der Waals surface area contributed by atoms with Gasteiger partial charge in [0.05, 0.1) is 5.75 Å². The van der Waals surface area contributed by atoms with Gasteiger partial charge in [-0.05, 0) is 44.2 Å². The summed E-state index contributed by atoms with van der Waals surface area (Å²) in [6, 6.07) is 0. The molecule has 2 aliphatic heterocycles. The van der Waals surface area contributed by atoms with Gasteiger partial charge in [0, 0.05) is 17.2 Å². The van der Waals surface area contributed by atoms with Gasteiger partial charge in [0.1, 0.15) is 0 Å². The van der Waals surface area contributed by atoms with Gasteiger partial charge in [-0.1, -0.05) is 0 Å². The molecule has 0 aromatic heterocycles. The lowest BCUT2D eigenvalue weighted by Crippen LogP contribution is -2.50. The molecule has 2 bridgehead atoms. The maximum atomic E-state index is 11.1. The Labute approximate surface area is 89.8 Å². The molecule has 0 aromatic carbocycles. The highest BCUT2D eigenvalue weighted by atomic mass is 35.7. The number of halogens is 1. The molecule has 5 heteroatoms. The van der Waals surface area contributed by atoms with E-state index < -0.39 is 9.05 Å². The van der Waals surface area contributed by atoms with Gasteiger partial charge in [-0.2, -0.15) is 0 Å². The van der Waals surface area contributed by atoms with Gasteiger partial charge < -0.3 is 4.90 Å². The Morgan fingerprint density at radius 2 is 1.79 bits per heavy atom. The van der Waals surface area contributed by atoms with Crippen LogP contribution in [0, 0.1) is 5.41 Å². The summed E-state index contributed by atoms with van der Waals surface area (Å²) in [4.78, 5) is 2.37. The molecule has 2 fully saturated rings. The standard InChI is InChI=1S/C9H16ClNO2S/c10-14(12,13)8-9-3-1-5-11(7-9)6-2-4-9/h1-8H2. The fourth-order valence-corrected chi connectivity index (χ4v) is 4.74. The first kappa shape index (κ1) is 10.7. The van der Waals surface area contributed by atoms with Gasteiger partial charge in [-0.15, -0.1) is 0 Å². The second-order valence-corrected chi connectivity index (χ2v) is 7.44. The third-order valence-electron chi connectivity index (χ3n) is 3.40. The van der Waals surface area contributed by atoms with Crippen LogP contribution < -0.4 is 0 Å². The van der Waals surface area contributed by atoms with E-state index in [1.54, 1.807) is 0 Å². The molecule has 14 heavy (non-hydrogen) atoms. The van der Waals surface area contributed by atoms with Crippen molar-refractivity contribution < 1.29 is 8.42 Å². The lowest BCUT2D eigenvalue weighted by molar-refractivity contribution is 0.0551. The van der Waals surface area contributed by atoms with Crippen molar-refractivity contribution in [1.29, 1.82) is 0 Å². The Morgan fingerprint density at radius 1 is 1.21 bits per heavy atom. The number of nitrogens with zero attached hydrogens (tertiary/aromatic N) is 1. The highest BCUT2D eigenvalue weighted by Crippen LogP contribution is 2.39. The Morgan fingerprint density at radius 3 is 2.29 bits per heavy atom. The zero-order chi connectivity index (χ0) is 10.2. The minimum Gasteiger partial charge on any atom is -0.303 e. The molecular formula is C9H16ClNO2S. The lowest BCUT2D eigenvalue weighted by Gasteiger charge is -2.46.